The van der Waals surface area contributed by atoms with E-state index in [-0.39, 0.29) is 5.84 Å². The van der Waals surface area contributed by atoms with Crippen LogP contribution in [0.2, 0.25) is 0 Å². The monoisotopic (exact) mass is 263 g/mol. The maximum atomic E-state index is 8.67. The van der Waals surface area contributed by atoms with Crippen LogP contribution in [0.5, 0.6) is 0 Å². The molecule has 0 aliphatic heterocycles. The largest absolute Gasteiger partial charge is 0.409 e. The molecule has 0 aromatic carbocycles. The van der Waals surface area contributed by atoms with E-state index in [1.165, 1.54) is 0 Å². The fraction of sp³-hybridized carbons (Fsp3) is 0.167. The summed E-state index contributed by atoms with van der Waals surface area (Å²) >= 11 is 1.64. The van der Waals surface area contributed by atoms with Crippen molar-refractivity contribution in [2.45, 2.75) is 13.2 Å². The van der Waals surface area contributed by atoms with Gasteiger partial charge in [-0.05, 0) is 17.5 Å². The molecule has 2 aromatic heterocycles. The molecule has 2 aromatic rings. The van der Waals surface area contributed by atoms with E-state index in [1.807, 2.05) is 23.6 Å². The van der Waals surface area contributed by atoms with Gasteiger partial charge in [-0.3, -0.25) is 4.98 Å². The first-order chi connectivity index (χ1) is 8.81. The number of rotatable bonds is 5. The van der Waals surface area contributed by atoms with E-state index in [4.69, 9.17) is 15.7 Å². The molecule has 18 heavy (non-hydrogen) atoms. The second-order valence-electron chi connectivity index (χ2n) is 3.57. The molecule has 0 saturated carbocycles. The van der Waals surface area contributed by atoms with Crippen molar-refractivity contribution >= 4 is 17.2 Å². The Morgan fingerprint density at radius 1 is 1.39 bits per heavy atom. The summed E-state index contributed by atoms with van der Waals surface area (Å²) in [5.41, 5.74) is 6.79. The van der Waals surface area contributed by atoms with Crippen LogP contribution in [0.15, 0.2) is 41.0 Å². The predicted octanol–water partition coefficient (Wildman–Crippen LogP) is 1.95. The van der Waals surface area contributed by atoms with Gasteiger partial charge in [-0.1, -0.05) is 17.3 Å². The van der Waals surface area contributed by atoms with Gasteiger partial charge in [0, 0.05) is 16.6 Å². The van der Waals surface area contributed by atoms with Gasteiger partial charge in [0.2, 0.25) is 0 Å². The van der Waals surface area contributed by atoms with E-state index in [0.29, 0.717) is 18.9 Å². The highest BCUT2D eigenvalue weighted by atomic mass is 32.1. The number of amidine groups is 1. The molecule has 6 heteroatoms. The highest BCUT2D eigenvalue weighted by Gasteiger charge is 2.08. The van der Waals surface area contributed by atoms with E-state index in [1.54, 1.807) is 23.6 Å². The summed E-state index contributed by atoms with van der Waals surface area (Å²) < 4.78 is 5.58. The highest BCUT2D eigenvalue weighted by Crippen LogP contribution is 2.12. The molecule has 0 aliphatic rings. The summed E-state index contributed by atoms with van der Waals surface area (Å²) in [6, 6.07) is 7.63. The van der Waals surface area contributed by atoms with E-state index in [9.17, 15) is 0 Å². The maximum Gasteiger partial charge on any atom is 0.189 e. The van der Waals surface area contributed by atoms with E-state index < -0.39 is 0 Å². The second kappa shape index (κ2) is 6.13. The van der Waals surface area contributed by atoms with Gasteiger partial charge in [0.1, 0.15) is 5.69 Å². The van der Waals surface area contributed by atoms with Crippen LogP contribution >= 0.6 is 11.3 Å². The second-order valence-corrected chi connectivity index (χ2v) is 4.60. The zero-order valence-electron chi connectivity index (χ0n) is 9.61. The number of nitrogens with two attached hydrogens (primary N) is 1. The Bertz CT molecular complexity index is 526. The van der Waals surface area contributed by atoms with Crippen molar-refractivity contribution in [1.29, 1.82) is 0 Å². The fourth-order valence-corrected chi connectivity index (χ4v) is 2.13. The first-order valence-corrected chi connectivity index (χ1v) is 6.21. The lowest BCUT2D eigenvalue weighted by Crippen LogP contribution is -2.17. The van der Waals surface area contributed by atoms with E-state index in [2.05, 4.69) is 10.1 Å². The van der Waals surface area contributed by atoms with Crippen molar-refractivity contribution < 1.29 is 9.94 Å². The number of oxime groups is 1. The number of ether oxygens (including phenoxy) is 1. The van der Waals surface area contributed by atoms with Crippen LogP contribution in [0.1, 0.15) is 16.1 Å². The molecular weight excluding hydrogens is 250 g/mol. The average Bonchev–Trinajstić information content (AvgIpc) is 2.92. The summed E-state index contributed by atoms with van der Waals surface area (Å²) in [5.74, 6) is -0.00896. The Labute approximate surface area is 109 Å². The molecule has 3 N–H and O–H groups in total. The predicted molar refractivity (Wildman–Crippen MR) is 69.6 cm³/mol. The zero-order chi connectivity index (χ0) is 12.8. The van der Waals surface area contributed by atoms with Gasteiger partial charge in [0.05, 0.1) is 13.2 Å². The van der Waals surface area contributed by atoms with Gasteiger partial charge in [0.25, 0.3) is 0 Å². The minimum Gasteiger partial charge on any atom is -0.409 e. The van der Waals surface area contributed by atoms with Crippen LogP contribution in [0, 0.1) is 0 Å². The van der Waals surface area contributed by atoms with Crippen molar-refractivity contribution in [3.8, 4) is 0 Å². The van der Waals surface area contributed by atoms with Gasteiger partial charge in [0.15, 0.2) is 5.84 Å². The molecule has 2 rings (SSSR count). The Morgan fingerprint density at radius 3 is 3.00 bits per heavy atom. The van der Waals surface area contributed by atoms with E-state index in [0.717, 1.165) is 10.4 Å². The Balaban J connectivity index is 2.01. The zero-order valence-corrected chi connectivity index (χ0v) is 10.4. The third-order valence-corrected chi connectivity index (χ3v) is 3.17. The Kier molecular flexibility index (Phi) is 4.27. The molecule has 0 bridgehead atoms. The van der Waals surface area contributed by atoms with Gasteiger partial charge in [-0.2, -0.15) is 0 Å². The topological polar surface area (TPSA) is 80.7 Å². The Hall–Kier alpha value is -1.92. The molecule has 2 heterocycles. The van der Waals surface area contributed by atoms with Crippen LogP contribution in [0.4, 0.5) is 0 Å². The minimum absolute atomic E-state index is 0.00896. The van der Waals surface area contributed by atoms with Crippen LogP contribution in [0.3, 0.4) is 0 Å². The molecule has 0 radical (unpaired) electrons. The van der Waals surface area contributed by atoms with Crippen molar-refractivity contribution in [2.24, 2.45) is 10.9 Å². The number of thiophene rings is 1. The van der Waals surface area contributed by atoms with Crippen molar-refractivity contribution in [3.05, 3.63) is 52.0 Å². The quantitative estimate of drug-likeness (QED) is 0.374. The lowest BCUT2D eigenvalue weighted by Gasteiger charge is -2.07. The van der Waals surface area contributed by atoms with E-state index >= 15 is 0 Å². The van der Waals surface area contributed by atoms with Gasteiger partial charge in [-0.25, -0.2) is 0 Å². The number of hydrogen-bond donors (Lipinski definition) is 2. The van der Waals surface area contributed by atoms with Crippen LogP contribution in [-0.4, -0.2) is 16.0 Å². The molecule has 0 fully saturated rings. The molecule has 0 atom stereocenters. The molecule has 0 amide bonds. The molecule has 0 saturated heterocycles. The van der Waals surface area contributed by atoms with Gasteiger partial charge < -0.3 is 15.7 Å². The molecule has 5 nitrogen and oxygen atoms in total. The summed E-state index contributed by atoms with van der Waals surface area (Å²) in [4.78, 5) is 5.23. The van der Waals surface area contributed by atoms with Gasteiger partial charge in [-0.15, -0.1) is 11.3 Å². The van der Waals surface area contributed by atoms with Crippen molar-refractivity contribution in [2.75, 3.05) is 0 Å². The SMILES string of the molecule is NC(=NO)c1ncccc1COCc1cccs1. The first-order valence-electron chi connectivity index (χ1n) is 5.33. The molecule has 0 spiro atoms. The summed E-state index contributed by atoms with van der Waals surface area (Å²) in [6.07, 6.45) is 1.59. The molecular formula is C12H13N3O2S. The average molecular weight is 263 g/mol. The molecule has 94 valence electrons. The lowest BCUT2D eigenvalue weighted by atomic mass is 10.2. The number of pyridine rings is 1. The summed E-state index contributed by atoms with van der Waals surface area (Å²) in [6.45, 7) is 0.916. The van der Waals surface area contributed by atoms with Crippen LogP contribution in [0.25, 0.3) is 0 Å². The third kappa shape index (κ3) is 3.06. The number of hydrogen-bond acceptors (Lipinski definition) is 5. The smallest absolute Gasteiger partial charge is 0.189 e. The summed E-state index contributed by atoms with van der Waals surface area (Å²) in [5, 5.41) is 13.6. The lowest BCUT2D eigenvalue weighted by molar-refractivity contribution is 0.109. The molecule has 0 unspecified atom stereocenters. The normalized spacial score (nSPS) is 11.7. The van der Waals surface area contributed by atoms with Crippen molar-refractivity contribution in [1.82, 2.24) is 4.98 Å². The summed E-state index contributed by atoms with van der Waals surface area (Å²) in [7, 11) is 0. The minimum atomic E-state index is -0.00896. The van der Waals surface area contributed by atoms with Gasteiger partial charge >= 0.3 is 0 Å². The van der Waals surface area contributed by atoms with Crippen LogP contribution < -0.4 is 5.73 Å². The molecule has 0 aliphatic carbocycles. The maximum absolute atomic E-state index is 8.67. The standard InChI is InChI=1S/C12H13N3O2S/c13-12(15-16)11-9(3-1-5-14-11)7-17-8-10-4-2-6-18-10/h1-6,16H,7-8H2,(H2,13,15). The van der Waals surface area contributed by atoms with Crippen molar-refractivity contribution in [3.63, 3.8) is 0 Å². The number of nitrogens with zero attached hydrogens (tertiary/aromatic N) is 2. The number of aromatic nitrogens is 1. The Morgan fingerprint density at radius 2 is 2.28 bits per heavy atom. The van der Waals surface area contributed by atoms with Crippen LogP contribution in [-0.2, 0) is 18.0 Å². The highest BCUT2D eigenvalue weighted by molar-refractivity contribution is 7.09. The first kappa shape index (κ1) is 12.5. The third-order valence-electron chi connectivity index (χ3n) is 2.32. The fourth-order valence-electron chi connectivity index (χ4n) is 1.49.